The van der Waals surface area contributed by atoms with Crippen molar-refractivity contribution in [3.05, 3.63) is 65.2 Å². The molecule has 2 aromatic heterocycles. The van der Waals surface area contributed by atoms with E-state index in [1.165, 1.54) is 0 Å². The molecule has 0 aliphatic rings. The Hall–Kier alpha value is -2.25. The summed E-state index contributed by atoms with van der Waals surface area (Å²) < 4.78 is 9.73. The molecular weight excluding hydrogens is 432 g/mol. The molecule has 0 aliphatic carbocycles. The quantitative estimate of drug-likeness (QED) is 0.519. The molecule has 9 nitrogen and oxygen atoms in total. The molecule has 2 heterocycles. The Morgan fingerprint density at radius 2 is 1.10 bits per heavy atom. The van der Waals surface area contributed by atoms with E-state index in [1.807, 2.05) is 0 Å². The van der Waals surface area contributed by atoms with Gasteiger partial charge in [-0.05, 0) is 65.0 Å². The van der Waals surface area contributed by atoms with Crippen molar-refractivity contribution in [1.82, 2.24) is 19.1 Å². The maximum atomic E-state index is 11.9. The summed E-state index contributed by atoms with van der Waals surface area (Å²) in [5, 5.41) is 0. The van der Waals surface area contributed by atoms with E-state index in [2.05, 4.69) is 36.2 Å². The van der Waals surface area contributed by atoms with E-state index in [1.54, 1.807) is 35.4 Å². The number of nitrogens with zero attached hydrogens (tertiary/aromatic N) is 2. The van der Waals surface area contributed by atoms with Crippen molar-refractivity contribution >= 4 is 16.6 Å². The fraction of sp³-hybridized carbons (Fsp3) is 0.600. The fourth-order valence-electron chi connectivity index (χ4n) is 3.77. The van der Waals surface area contributed by atoms with Crippen molar-refractivity contribution in [2.24, 2.45) is 0 Å². The summed E-state index contributed by atoms with van der Waals surface area (Å²) in [6.45, 7) is 13.2. The summed E-state index contributed by atoms with van der Waals surface area (Å²) in [5.41, 5.74) is -0.384. The maximum Gasteiger partial charge on any atom is 0.328 e. The van der Waals surface area contributed by atoms with Gasteiger partial charge in [0, 0.05) is 36.6 Å². The van der Waals surface area contributed by atoms with Crippen LogP contribution in [0.5, 0.6) is 0 Å². The average Bonchev–Trinajstić information content (AvgIpc) is 2.62. The van der Waals surface area contributed by atoms with Crippen molar-refractivity contribution in [3.63, 3.8) is 0 Å². The third-order valence-electron chi connectivity index (χ3n) is 5.29. The van der Waals surface area contributed by atoms with Crippen LogP contribution in [0.3, 0.4) is 0 Å². The minimum Gasteiger partial charge on any atom is -0.455 e. The maximum absolute atomic E-state index is 11.9. The van der Waals surface area contributed by atoms with Gasteiger partial charge in [0.05, 0.1) is 0 Å². The number of aromatic amines is 2. The largest absolute Gasteiger partial charge is 0.455 e. The highest BCUT2D eigenvalue weighted by molar-refractivity contribution is 6.84. The fourth-order valence-corrected chi connectivity index (χ4v) is 12.6. The second-order valence-corrected chi connectivity index (χ2v) is 18.2. The SMILES string of the molecule is Cc1cn(CCC[Si](C)(C)O[Si](C)(C)CCCn2cc(C)c(=O)[nH]c2=O)c(=O)[nH]c1=O. The number of hydrogen-bond donors (Lipinski definition) is 2. The number of hydrogen-bond acceptors (Lipinski definition) is 5. The Balaban J connectivity index is 1.88. The smallest absolute Gasteiger partial charge is 0.328 e. The average molecular weight is 467 g/mol. The predicted molar refractivity (Wildman–Crippen MR) is 127 cm³/mol. The number of aromatic nitrogens is 4. The first-order chi connectivity index (χ1) is 14.3. The van der Waals surface area contributed by atoms with E-state index in [9.17, 15) is 19.2 Å². The minimum absolute atomic E-state index is 0.341. The molecule has 0 saturated heterocycles. The second-order valence-electron chi connectivity index (χ2n) is 9.36. The van der Waals surface area contributed by atoms with E-state index in [0.717, 1.165) is 24.9 Å². The highest BCUT2D eigenvalue weighted by atomic mass is 28.4. The Bertz CT molecular complexity index is 1050. The first kappa shape index (κ1) is 25.0. The molecule has 0 radical (unpaired) electrons. The van der Waals surface area contributed by atoms with Crippen LogP contribution in [0.25, 0.3) is 0 Å². The molecule has 31 heavy (non-hydrogen) atoms. The topological polar surface area (TPSA) is 119 Å². The molecule has 0 bridgehead atoms. The minimum atomic E-state index is -1.93. The summed E-state index contributed by atoms with van der Waals surface area (Å²) in [6, 6.07) is 1.82. The van der Waals surface area contributed by atoms with Gasteiger partial charge in [0.2, 0.25) is 0 Å². The van der Waals surface area contributed by atoms with Crippen molar-refractivity contribution in [2.45, 2.75) is 78.1 Å². The van der Waals surface area contributed by atoms with Crippen LogP contribution in [0.1, 0.15) is 24.0 Å². The van der Waals surface area contributed by atoms with Gasteiger partial charge in [-0.15, -0.1) is 0 Å². The van der Waals surface area contributed by atoms with Gasteiger partial charge in [0.15, 0.2) is 16.6 Å². The van der Waals surface area contributed by atoms with E-state index in [4.69, 9.17) is 4.12 Å². The Kier molecular flexibility index (Phi) is 8.00. The van der Waals surface area contributed by atoms with Gasteiger partial charge < -0.3 is 13.2 Å². The zero-order valence-corrected chi connectivity index (χ0v) is 21.3. The van der Waals surface area contributed by atoms with Crippen LogP contribution in [-0.4, -0.2) is 35.7 Å². The molecule has 0 amide bonds. The second kappa shape index (κ2) is 9.92. The number of aryl methyl sites for hydroxylation is 4. The number of rotatable bonds is 10. The molecule has 11 heteroatoms. The predicted octanol–water partition coefficient (Wildman–Crippen LogP) is 1.91. The molecule has 0 unspecified atom stereocenters. The van der Waals surface area contributed by atoms with Crippen LogP contribution >= 0.6 is 0 Å². The van der Waals surface area contributed by atoms with Crippen LogP contribution < -0.4 is 22.5 Å². The van der Waals surface area contributed by atoms with Gasteiger partial charge >= 0.3 is 11.4 Å². The van der Waals surface area contributed by atoms with Gasteiger partial charge in [-0.25, -0.2) is 9.59 Å². The van der Waals surface area contributed by atoms with Crippen LogP contribution in [0.2, 0.25) is 38.3 Å². The number of H-pyrrole nitrogens is 2. The zero-order valence-electron chi connectivity index (χ0n) is 19.3. The molecule has 0 aromatic carbocycles. The Morgan fingerprint density at radius 3 is 1.45 bits per heavy atom. The molecule has 2 N–H and O–H groups in total. The standard InChI is InChI=1S/C20H34N4O5Si2/c1-15-13-23(19(27)21-17(15)25)9-7-11-30(3,4)29-31(5,6)12-8-10-24-14-16(2)18(26)22-20(24)28/h13-14H,7-12H2,1-6H3,(H,21,25,27)(H,22,26,28). The molecule has 0 fully saturated rings. The molecule has 0 saturated carbocycles. The van der Waals surface area contributed by atoms with E-state index in [-0.39, 0.29) is 22.5 Å². The molecule has 0 spiro atoms. The highest BCUT2D eigenvalue weighted by Gasteiger charge is 2.32. The molecule has 2 aromatic rings. The molecular formula is C20H34N4O5Si2. The summed E-state index contributed by atoms with van der Waals surface area (Å²) in [6.07, 6.45) is 4.83. The first-order valence-corrected chi connectivity index (χ1v) is 16.8. The van der Waals surface area contributed by atoms with Crippen molar-refractivity contribution in [2.75, 3.05) is 0 Å². The summed E-state index contributed by atoms with van der Waals surface area (Å²) in [5.74, 6) is 0. The van der Waals surface area contributed by atoms with Crippen molar-refractivity contribution in [1.29, 1.82) is 0 Å². The highest BCUT2D eigenvalue weighted by Crippen LogP contribution is 2.24. The van der Waals surface area contributed by atoms with E-state index in [0.29, 0.717) is 24.2 Å². The lowest BCUT2D eigenvalue weighted by atomic mass is 10.4. The lowest BCUT2D eigenvalue weighted by Crippen LogP contribution is -2.44. The lowest BCUT2D eigenvalue weighted by molar-refractivity contribution is 0.514. The lowest BCUT2D eigenvalue weighted by Gasteiger charge is -2.34. The van der Waals surface area contributed by atoms with Gasteiger partial charge in [0.25, 0.3) is 11.1 Å². The monoisotopic (exact) mass is 466 g/mol. The number of nitrogens with one attached hydrogen (secondary N) is 2. The van der Waals surface area contributed by atoms with Crippen molar-refractivity contribution < 1.29 is 4.12 Å². The van der Waals surface area contributed by atoms with Gasteiger partial charge in [-0.1, -0.05) is 0 Å². The molecule has 0 atom stereocenters. The summed E-state index contributed by atoms with van der Waals surface area (Å²) in [4.78, 5) is 51.5. The van der Waals surface area contributed by atoms with Gasteiger partial charge in [0.1, 0.15) is 0 Å². The van der Waals surface area contributed by atoms with E-state index >= 15 is 0 Å². The Labute approximate surface area is 183 Å². The normalized spacial score (nSPS) is 12.3. The Morgan fingerprint density at radius 1 is 0.742 bits per heavy atom. The summed E-state index contributed by atoms with van der Waals surface area (Å²) >= 11 is 0. The van der Waals surface area contributed by atoms with Crippen LogP contribution in [0.15, 0.2) is 31.6 Å². The van der Waals surface area contributed by atoms with Crippen LogP contribution in [0, 0.1) is 13.8 Å². The van der Waals surface area contributed by atoms with Gasteiger partial charge in [-0.2, -0.15) is 0 Å². The molecule has 172 valence electrons. The van der Waals surface area contributed by atoms with Crippen LogP contribution in [-0.2, 0) is 17.2 Å². The third-order valence-corrected chi connectivity index (χ3v) is 12.8. The van der Waals surface area contributed by atoms with E-state index < -0.39 is 16.6 Å². The van der Waals surface area contributed by atoms with Crippen LogP contribution in [0.4, 0.5) is 0 Å². The molecule has 2 rings (SSSR count). The van der Waals surface area contributed by atoms with Gasteiger partial charge in [-0.3, -0.25) is 19.6 Å². The third kappa shape index (κ3) is 7.44. The summed E-state index contributed by atoms with van der Waals surface area (Å²) in [7, 11) is -3.87. The zero-order chi connectivity index (χ0) is 23.4. The first-order valence-electron chi connectivity index (χ1n) is 10.6. The molecule has 0 aliphatic heterocycles. The van der Waals surface area contributed by atoms with Crippen molar-refractivity contribution in [3.8, 4) is 0 Å².